The Hall–Kier alpha value is -1.83. The van der Waals surface area contributed by atoms with Gasteiger partial charge in [-0.2, -0.15) is 0 Å². The second kappa shape index (κ2) is 10.5. The molecule has 1 aliphatic rings. The molecule has 0 aromatic heterocycles. The Morgan fingerprint density at radius 2 is 1.81 bits per heavy atom. The van der Waals surface area contributed by atoms with Crippen LogP contribution in [0, 0.1) is 11.6 Å². The minimum atomic E-state index is -0.882. The van der Waals surface area contributed by atoms with Crippen LogP contribution in [0.25, 0.3) is 0 Å². The van der Waals surface area contributed by atoms with Crippen molar-refractivity contribution in [3.63, 3.8) is 0 Å². The average molecular weight is 401 g/mol. The number of piperidine rings is 1. The van der Waals surface area contributed by atoms with Crippen LogP contribution in [0.2, 0.25) is 0 Å². The van der Waals surface area contributed by atoms with Crippen molar-refractivity contribution in [3.8, 4) is 0 Å². The lowest BCUT2D eigenvalue weighted by atomic mass is 9.89. The number of amides is 1. The fourth-order valence-corrected chi connectivity index (χ4v) is 4.16. The smallest absolute Gasteiger partial charge is 0.409 e. The van der Waals surface area contributed by atoms with Crippen LogP contribution in [0.4, 0.5) is 13.6 Å². The second-order valence-electron chi connectivity index (χ2n) is 6.14. The van der Waals surface area contributed by atoms with Gasteiger partial charge in [0.15, 0.2) is 11.6 Å². The number of ether oxygens (including phenoxy) is 2. The summed E-state index contributed by atoms with van der Waals surface area (Å²) in [6, 6.07) is 2.67. The van der Waals surface area contributed by atoms with Crippen LogP contribution in [-0.2, 0) is 14.3 Å². The lowest BCUT2D eigenvalue weighted by molar-refractivity contribution is -0.142. The molecule has 1 saturated heterocycles. The van der Waals surface area contributed by atoms with Gasteiger partial charge in [-0.25, -0.2) is 13.6 Å². The minimum absolute atomic E-state index is 0.184. The first-order valence-electron chi connectivity index (χ1n) is 9.15. The maximum absolute atomic E-state index is 14.5. The van der Waals surface area contributed by atoms with Crippen LogP contribution >= 0.6 is 11.8 Å². The molecule has 27 heavy (non-hydrogen) atoms. The van der Waals surface area contributed by atoms with E-state index in [0.29, 0.717) is 55.4 Å². The van der Waals surface area contributed by atoms with E-state index in [2.05, 4.69) is 0 Å². The van der Waals surface area contributed by atoms with Gasteiger partial charge in [0.2, 0.25) is 0 Å². The van der Waals surface area contributed by atoms with Crippen molar-refractivity contribution in [1.29, 1.82) is 0 Å². The van der Waals surface area contributed by atoms with Gasteiger partial charge in [0, 0.05) is 29.3 Å². The molecule has 0 N–H and O–H groups in total. The molecular formula is C19H25F2NO4S. The Balaban J connectivity index is 2.06. The van der Waals surface area contributed by atoms with Crippen LogP contribution in [0.1, 0.15) is 44.6 Å². The number of likely N-dealkylation sites (tertiary alicyclic amines) is 1. The maximum atomic E-state index is 14.5. The summed E-state index contributed by atoms with van der Waals surface area (Å²) in [5.74, 6) is -1.79. The van der Waals surface area contributed by atoms with Gasteiger partial charge in [-0.05, 0) is 44.7 Å². The second-order valence-corrected chi connectivity index (χ2v) is 7.27. The average Bonchev–Trinajstić information content (AvgIpc) is 2.65. The first kappa shape index (κ1) is 21.5. The van der Waals surface area contributed by atoms with E-state index in [1.165, 1.54) is 11.8 Å². The van der Waals surface area contributed by atoms with Crippen molar-refractivity contribution < 1.29 is 27.8 Å². The molecule has 1 aliphatic heterocycles. The SMILES string of the molecule is CCOC(=O)CCSc1ccc(F)c(F)c1C1CCN(C(=O)OCC)CC1. The number of benzene rings is 1. The molecule has 1 heterocycles. The summed E-state index contributed by atoms with van der Waals surface area (Å²) in [5.41, 5.74) is 0.340. The molecule has 5 nitrogen and oxygen atoms in total. The molecule has 0 bridgehead atoms. The summed E-state index contributed by atoms with van der Waals surface area (Å²) in [6.45, 7) is 4.98. The van der Waals surface area contributed by atoms with Crippen molar-refractivity contribution >= 4 is 23.8 Å². The number of hydrogen-bond donors (Lipinski definition) is 0. The van der Waals surface area contributed by atoms with E-state index in [4.69, 9.17) is 9.47 Å². The predicted octanol–water partition coefficient (Wildman–Crippen LogP) is 4.35. The summed E-state index contributed by atoms with van der Waals surface area (Å²) in [4.78, 5) is 25.5. The third-order valence-corrected chi connectivity index (χ3v) is 5.47. The standard InChI is InChI=1S/C19H25F2NO4S/c1-3-25-16(23)9-12-27-15-6-5-14(20)18(21)17(15)13-7-10-22(11-8-13)19(24)26-4-2/h5-6,13H,3-4,7-12H2,1-2H3. The van der Waals surface area contributed by atoms with E-state index >= 15 is 0 Å². The zero-order chi connectivity index (χ0) is 19.8. The highest BCUT2D eigenvalue weighted by Gasteiger charge is 2.29. The van der Waals surface area contributed by atoms with Crippen LogP contribution < -0.4 is 0 Å². The van der Waals surface area contributed by atoms with Crippen molar-refractivity contribution in [2.45, 2.75) is 43.9 Å². The molecule has 1 fully saturated rings. The van der Waals surface area contributed by atoms with Crippen molar-refractivity contribution in [1.82, 2.24) is 4.90 Å². The molecule has 150 valence electrons. The van der Waals surface area contributed by atoms with Crippen LogP contribution in [-0.4, -0.2) is 49.0 Å². The maximum Gasteiger partial charge on any atom is 0.409 e. The monoisotopic (exact) mass is 401 g/mol. The molecule has 2 rings (SSSR count). The first-order chi connectivity index (χ1) is 13.0. The quantitative estimate of drug-likeness (QED) is 0.502. The summed E-state index contributed by atoms with van der Waals surface area (Å²) in [5, 5.41) is 0. The fourth-order valence-electron chi connectivity index (χ4n) is 3.10. The Kier molecular flexibility index (Phi) is 8.34. The van der Waals surface area contributed by atoms with Gasteiger partial charge in [0.25, 0.3) is 0 Å². The number of hydrogen-bond acceptors (Lipinski definition) is 5. The molecule has 0 saturated carbocycles. The zero-order valence-corrected chi connectivity index (χ0v) is 16.4. The van der Waals surface area contributed by atoms with Crippen molar-refractivity contribution in [2.24, 2.45) is 0 Å². The molecule has 8 heteroatoms. The number of rotatable bonds is 7. The molecule has 0 radical (unpaired) electrons. The first-order valence-corrected chi connectivity index (χ1v) is 10.1. The molecular weight excluding hydrogens is 376 g/mol. The summed E-state index contributed by atoms with van der Waals surface area (Å²) < 4.78 is 38.2. The summed E-state index contributed by atoms with van der Waals surface area (Å²) >= 11 is 1.32. The number of thioether (sulfide) groups is 1. The third-order valence-electron chi connectivity index (χ3n) is 4.39. The van der Waals surface area contributed by atoms with E-state index in [1.54, 1.807) is 24.8 Å². The van der Waals surface area contributed by atoms with E-state index in [1.807, 2.05) is 0 Å². The highest BCUT2D eigenvalue weighted by Crippen LogP contribution is 2.38. The molecule has 0 aliphatic carbocycles. The number of carbonyl (C=O) groups is 2. The lowest BCUT2D eigenvalue weighted by Crippen LogP contribution is -2.38. The van der Waals surface area contributed by atoms with E-state index in [-0.39, 0.29) is 24.4 Å². The molecule has 1 amide bonds. The number of halogens is 2. The van der Waals surface area contributed by atoms with Crippen LogP contribution in [0.15, 0.2) is 17.0 Å². The molecule has 0 atom stereocenters. The van der Waals surface area contributed by atoms with Gasteiger partial charge in [-0.3, -0.25) is 4.79 Å². The Morgan fingerprint density at radius 3 is 2.44 bits per heavy atom. The lowest BCUT2D eigenvalue weighted by Gasteiger charge is -2.32. The third kappa shape index (κ3) is 5.82. The van der Waals surface area contributed by atoms with Crippen molar-refractivity contribution in [3.05, 3.63) is 29.3 Å². The topological polar surface area (TPSA) is 55.8 Å². The van der Waals surface area contributed by atoms with E-state index in [9.17, 15) is 18.4 Å². The van der Waals surface area contributed by atoms with Crippen LogP contribution in [0.5, 0.6) is 0 Å². The molecule has 1 aromatic rings. The number of nitrogens with zero attached hydrogens (tertiary/aromatic N) is 1. The molecule has 0 unspecified atom stereocenters. The number of esters is 1. The fraction of sp³-hybridized carbons (Fsp3) is 0.579. The largest absolute Gasteiger partial charge is 0.466 e. The Bertz CT molecular complexity index is 663. The number of carbonyl (C=O) groups excluding carboxylic acids is 2. The summed E-state index contributed by atoms with van der Waals surface area (Å²) in [6.07, 6.45) is 0.896. The predicted molar refractivity (Wildman–Crippen MR) is 98.9 cm³/mol. The van der Waals surface area contributed by atoms with E-state index in [0.717, 1.165) is 6.07 Å². The van der Waals surface area contributed by atoms with Crippen LogP contribution in [0.3, 0.4) is 0 Å². The van der Waals surface area contributed by atoms with Gasteiger partial charge < -0.3 is 14.4 Å². The highest BCUT2D eigenvalue weighted by molar-refractivity contribution is 7.99. The van der Waals surface area contributed by atoms with Gasteiger partial charge in [-0.1, -0.05) is 0 Å². The summed E-state index contributed by atoms with van der Waals surface area (Å²) in [7, 11) is 0. The normalized spacial score (nSPS) is 14.9. The van der Waals surface area contributed by atoms with Gasteiger partial charge in [0.05, 0.1) is 19.6 Å². The van der Waals surface area contributed by atoms with Crippen molar-refractivity contribution in [2.75, 3.05) is 32.1 Å². The van der Waals surface area contributed by atoms with Gasteiger partial charge in [0.1, 0.15) is 0 Å². The molecule has 0 spiro atoms. The van der Waals surface area contributed by atoms with E-state index < -0.39 is 11.6 Å². The van der Waals surface area contributed by atoms with Gasteiger partial charge in [-0.15, -0.1) is 11.8 Å². The molecule has 1 aromatic carbocycles. The minimum Gasteiger partial charge on any atom is -0.466 e. The zero-order valence-electron chi connectivity index (χ0n) is 15.6. The Labute approximate surface area is 162 Å². The van der Waals surface area contributed by atoms with Gasteiger partial charge >= 0.3 is 12.1 Å². The highest BCUT2D eigenvalue weighted by atomic mass is 32.2. The Morgan fingerprint density at radius 1 is 1.15 bits per heavy atom.